The predicted octanol–water partition coefficient (Wildman–Crippen LogP) is 5.72. The lowest BCUT2D eigenvalue weighted by Gasteiger charge is -2.10. The Kier molecular flexibility index (Phi) is 7.16. The van der Waals surface area contributed by atoms with Gasteiger partial charge in [0, 0.05) is 10.5 Å². The van der Waals surface area contributed by atoms with Crippen LogP contribution < -0.4 is 4.74 Å². The Bertz CT molecular complexity index is 1230. The van der Waals surface area contributed by atoms with Gasteiger partial charge in [0.2, 0.25) is 5.71 Å². The molecule has 1 aliphatic carbocycles. The van der Waals surface area contributed by atoms with Gasteiger partial charge in [-0.15, -0.1) is 11.3 Å². The minimum Gasteiger partial charge on any atom is -0.624 e. The Labute approximate surface area is 202 Å². The predicted molar refractivity (Wildman–Crippen MR) is 132 cm³/mol. The quantitative estimate of drug-likeness (QED) is 0.136. The second-order valence-electron chi connectivity index (χ2n) is 7.57. The van der Waals surface area contributed by atoms with Crippen LogP contribution in [0, 0.1) is 5.21 Å². The van der Waals surface area contributed by atoms with E-state index >= 15 is 0 Å². The van der Waals surface area contributed by atoms with Crippen LogP contribution in [0.3, 0.4) is 0 Å². The van der Waals surface area contributed by atoms with Gasteiger partial charge in [-0.3, -0.25) is 0 Å². The third kappa shape index (κ3) is 4.97. The molecular weight excluding hydrogens is 458 g/mol. The molecule has 7 heteroatoms. The number of hydrogen-bond donors (Lipinski definition) is 0. The van der Waals surface area contributed by atoms with Gasteiger partial charge in [0.15, 0.2) is 0 Å². The van der Waals surface area contributed by atoms with E-state index in [1.165, 1.54) is 23.9 Å². The summed E-state index contributed by atoms with van der Waals surface area (Å²) >= 11 is 7.53. The third-order valence-electron chi connectivity index (χ3n) is 5.34. The van der Waals surface area contributed by atoms with Crippen molar-refractivity contribution in [3.63, 3.8) is 0 Å². The van der Waals surface area contributed by atoms with Crippen molar-refractivity contribution in [2.45, 2.75) is 19.8 Å². The molecule has 3 aromatic rings. The van der Waals surface area contributed by atoms with Gasteiger partial charge in [-0.25, -0.2) is 9.53 Å². The first-order valence-electron chi connectivity index (χ1n) is 10.8. The van der Waals surface area contributed by atoms with Crippen molar-refractivity contribution in [3.05, 3.63) is 97.3 Å². The second kappa shape index (κ2) is 10.2. The number of rotatable bonds is 8. The number of carbonyl (C=O) groups excluding carboxylic acids is 1. The maximum absolute atomic E-state index is 12.9. The molecule has 1 aromatic heterocycles. The molecule has 0 unspecified atom stereocenters. The topological polar surface area (TPSA) is 61.6 Å². The van der Waals surface area contributed by atoms with Crippen LogP contribution in [0.4, 0.5) is 0 Å². The molecule has 1 aliphatic rings. The van der Waals surface area contributed by atoms with E-state index in [1.807, 2.05) is 42.5 Å². The maximum atomic E-state index is 12.9. The number of nitrogens with zero attached hydrogens (tertiary/aromatic N) is 1. The smallest absolute Gasteiger partial charge is 0.345 e. The normalized spacial score (nSPS) is 14.3. The van der Waals surface area contributed by atoms with Gasteiger partial charge in [-0.05, 0) is 61.2 Å². The van der Waals surface area contributed by atoms with E-state index in [0.717, 1.165) is 23.3 Å². The van der Waals surface area contributed by atoms with Gasteiger partial charge in [0.25, 0.3) is 0 Å². The molecule has 1 heterocycles. The summed E-state index contributed by atoms with van der Waals surface area (Å²) in [5.74, 6) is 0.117. The van der Waals surface area contributed by atoms with Gasteiger partial charge < -0.3 is 14.7 Å². The van der Waals surface area contributed by atoms with Crippen LogP contribution in [0.2, 0.25) is 4.34 Å². The highest BCUT2D eigenvalue weighted by Gasteiger charge is 2.39. The number of hydrogen-bond acceptors (Lipinski definition) is 5. The highest BCUT2D eigenvalue weighted by Crippen LogP contribution is 2.42. The number of hydroxylamine groups is 1. The monoisotopic (exact) mass is 481 g/mol. The van der Waals surface area contributed by atoms with Gasteiger partial charge in [-0.1, -0.05) is 41.9 Å². The molecule has 5 nitrogen and oxygen atoms in total. The molecule has 0 aliphatic heterocycles. The Hall–Kier alpha value is -3.09. The third-order valence-corrected chi connectivity index (χ3v) is 6.59. The minimum atomic E-state index is -0.531. The molecule has 0 fully saturated rings. The van der Waals surface area contributed by atoms with Crippen LogP contribution in [0.1, 0.15) is 34.9 Å². The molecule has 0 saturated heterocycles. The number of aryl methyl sites for hydroxylation is 1. The number of fused-ring (bicyclic) bond motifs is 1. The first-order chi connectivity index (χ1) is 16.0. The average molecular weight is 482 g/mol. The average Bonchev–Trinajstić information content (AvgIpc) is 3.38. The first-order valence-corrected chi connectivity index (χ1v) is 12.0. The van der Waals surface area contributed by atoms with Crippen molar-refractivity contribution in [2.24, 2.45) is 0 Å². The molecule has 0 atom stereocenters. The van der Waals surface area contributed by atoms with Crippen LogP contribution >= 0.6 is 22.9 Å². The maximum Gasteiger partial charge on any atom is 0.345 e. The lowest BCUT2D eigenvalue weighted by atomic mass is 10.0. The summed E-state index contributed by atoms with van der Waals surface area (Å²) < 4.78 is 12.6. The van der Waals surface area contributed by atoms with E-state index in [1.54, 1.807) is 13.0 Å². The summed E-state index contributed by atoms with van der Waals surface area (Å²) in [7, 11) is 1.38. The highest BCUT2D eigenvalue weighted by molar-refractivity contribution is 7.17. The molecule has 33 heavy (non-hydrogen) atoms. The van der Waals surface area contributed by atoms with Gasteiger partial charge >= 0.3 is 5.97 Å². The number of halogens is 1. The number of ether oxygens (including phenoxy) is 2. The molecule has 0 radical (unpaired) electrons. The summed E-state index contributed by atoms with van der Waals surface area (Å²) in [6.07, 6.45) is 1.79. The van der Waals surface area contributed by atoms with Gasteiger partial charge in [-0.2, -0.15) is 0 Å². The van der Waals surface area contributed by atoms with E-state index < -0.39 is 5.97 Å². The van der Waals surface area contributed by atoms with E-state index in [-0.39, 0.29) is 17.9 Å². The van der Waals surface area contributed by atoms with Crippen LogP contribution in [0.15, 0.2) is 66.2 Å². The SMILES string of the molecule is CCOC(=O)C1=C(c2ccc(Cl)s2)c2ccc(OCCCc3ccccc3)cc2/C1=[N+](/C)[O-]. The zero-order chi connectivity index (χ0) is 23.4. The summed E-state index contributed by atoms with van der Waals surface area (Å²) in [4.78, 5) is 13.7. The molecule has 0 N–H and O–H groups in total. The molecule has 2 aromatic carbocycles. The fraction of sp³-hybridized carbons (Fsp3) is 0.231. The largest absolute Gasteiger partial charge is 0.624 e. The lowest BCUT2D eigenvalue weighted by Crippen LogP contribution is -2.21. The van der Waals surface area contributed by atoms with Crippen LogP contribution in [0.5, 0.6) is 5.75 Å². The molecule has 0 bridgehead atoms. The number of esters is 1. The van der Waals surface area contributed by atoms with Gasteiger partial charge in [0.1, 0.15) is 18.4 Å². The zero-order valence-electron chi connectivity index (χ0n) is 18.5. The van der Waals surface area contributed by atoms with Crippen molar-refractivity contribution in [2.75, 3.05) is 20.3 Å². The molecule has 4 rings (SSSR count). The zero-order valence-corrected chi connectivity index (χ0v) is 20.0. The Morgan fingerprint density at radius 3 is 2.55 bits per heavy atom. The standard InChI is InChI=1S/C26H24ClNO4S/c1-3-31-26(29)24-23(21-13-14-22(27)33-21)19-12-11-18(16-20(19)25(24)28(2)30)32-15-7-10-17-8-5-4-6-9-17/h4-6,8-9,11-14,16H,3,7,10,15H2,1-2H3/b28-25+. The van der Waals surface area contributed by atoms with Crippen molar-refractivity contribution in [3.8, 4) is 5.75 Å². The van der Waals surface area contributed by atoms with Gasteiger partial charge in [0.05, 0.1) is 23.1 Å². The molecule has 0 spiro atoms. The number of benzene rings is 2. The molecule has 170 valence electrons. The Balaban J connectivity index is 1.64. The van der Waals surface area contributed by atoms with Crippen molar-refractivity contribution >= 4 is 40.2 Å². The van der Waals surface area contributed by atoms with Crippen molar-refractivity contribution < 1.29 is 19.0 Å². The molecule has 0 saturated carbocycles. The van der Waals surface area contributed by atoms with Crippen LogP contribution in [-0.4, -0.2) is 36.7 Å². The minimum absolute atomic E-state index is 0.211. The summed E-state index contributed by atoms with van der Waals surface area (Å²) in [6.45, 7) is 2.49. The molecular formula is C26H24ClNO4S. The number of thiophene rings is 1. The van der Waals surface area contributed by atoms with Crippen molar-refractivity contribution in [1.82, 2.24) is 0 Å². The van der Waals surface area contributed by atoms with Crippen molar-refractivity contribution in [1.29, 1.82) is 0 Å². The van der Waals surface area contributed by atoms with E-state index in [9.17, 15) is 10.0 Å². The molecule has 0 amide bonds. The summed E-state index contributed by atoms with van der Waals surface area (Å²) in [5.41, 5.74) is 3.89. The Morgan fingerprint density at radius 2 is 1.88 bits per heavy atom. The van der Waals surface area contributed by atoms with E-state index in [4.69, 9.17) is 21.1 Å². The van der Waals surface area contributed by atoms with Crippen LogP contribution in [0.25, 0.3) is 5.57 Å². The van der Waals surface area contributed by atoms with Crippen LogP contribution in [-0.2, 0) is 16.0 Å². The summed E-state index contributed by atoms with van der Waals surface area (Å²) in [6, 6.07) is 19.5. The Morgan fingerprint density at radius 1 is 1.09 bits per heavy atom. The second-order valence-corrected chi connectivity index (χ2v) is 9.28. The number of carbonyl (C=O) groups is 1. The summed E-state index contributed by atoms with van der Waals surface area (Å²) in [5, 5.41) is 12.6. The highest BCUT2D eigenvalue weighted by atomic mass is 35.5. The van der Waals surface area contributed by atoms with E-state index in [2.05, 4.69) is 12.1 Å². The fourth-order valence-electron chi connectivity index (χ4n) is 3.96. The first kappa shape index (κ1) is 23.1. The van der Waals surface area contributed by atoms with E-state index in [0.29, 0.717) is 32.6 Å². The lowest BCUT2D eigenvalue weighted by molar-refractivity contribution is -0.421. The fourth-order valence-corrected chi connectivity index (χ4v) is 5.07.